The summed E-state index contributed by atoms with van der Waals surface area (Å²) in [6.45, 7) is 5.94. The highest BCUT2D eigenvalue weighted by Crippen LogP contribution is 2.11. The van der Waals surface area contributed by atoms with Crippen LogP contribution >= 0.6 is 0 Å². The van der Waals surface area contributed by atoms with Gasteiger partial charge in [0.2, 0.25) is 0 Å². The Balaban J connectivity index is 2.51. The second-order valence-electron chi connectivity index (χ2n) is 4.01. The number of hydrogen-bond donors (Lipinski definition) is 0. The molecule has 0 saturated carbocycles. The highest BCUT2D eigenvalue weighted by molar-refractivity contribution is 7.63. The quantitative estimate of drug-likeness (QED) is 0.558. The van der Waals surface area contributed by atoms with Crippen LogP contribution in [0.5, 0.6) is 0 Å². The van der Waals surface area contributed by atoms with Gasteiger partial charge in [-0.15, -0.1) is 0 Å². The summed E-state index contributed by atoms with van der Waals surface area (Å²) < 4.78 is 0. The van der Waals surface area contributed by atoms with Crippen molar-refractivity contribution in [2.45, 2.75) is 25.5 Å². The van der Waals surface area contributed by atoms with Crippen molar-refractivity contribution in [2.75, 3.05) is 0 Å². The Kier molecular flexibility index (Phi) is 5.78. The van der Waals surface area contributed by atoms with Crippen molar-refractivity contribution in [3.8, 4) is 0 Å². The van der Waals surface area contributed by atoms with Crippen molar-refractivity contribution in [1.82, 2.24) is 0 Å². The summed E-state index contributed by atoms with van der Waals surface area (Å²) in [5.41, 5.74) is 4.06. The Hall–Kier alpha value is -0.600. The first kappa shape index (κ1) is 13.5. The van der Waals surface area contributed by atoms with E-state index >= 15 is 0 Å². The normalized spacial score (nSPS) is 11.6. The number of allylic oxidation sites excluding steroid dienone is 2. The van der Waals surface area contributed by atoms with Gasteiger partial charge in [0.05, 0.1) is 0 Å². The lowest BCUT2D eigenvalue weighted by Crippen LogP contribution is -1.88. The summed E-state index contributed by atoms with van der Waals surface area (Å²) in [4.78, 5) is 0.937. The Morgan fingerprint density at radius 2 is 1.81 bits per heavy atom. The van der Waals surface area contributed by atoms with Crippen molar-refractivity contribution >= 4 is 25.3 Å². The molecule has 0 aromatic heterocycles. The molecular formula is C14H20S2+2. The van der Waals surface area contributed by atoms with E-state index in [1.807, 2.05) is 0 Å². The lowest BCUT2D eigenvalue weighted by Gasteiger charge is -2.02. The molecule has 0 heterocycles. The maximum absolute atomic E-state index is 3.80. The second kappa shape index (κ2) is 6.87. The monoisotopic (exact) mass is 252 g/mol. The van der Waals surface area contributed by atoms with Gasteiger partial charge in [0.1, 0.15) is 10.7 Å². The average molecular weight is 252 g/mol. The fraction of sp³-hybridized carbons (Fsp3) is 0.286. The third-order valence-electron chi connectivity index (χ3n) is 2.46. The van der Waals surface area contributed by atoms with Crippen molar-refractivity contribution in [1.29, 1.82) is 0 Å². The van der Waals surface area contributed by atoms with Gasteiger partial charge < -0.3 is 0 Å². The molecule has 0 fully saturated rings. The molecule has 0 aliphatic rings. The first-order chi connectivity index (χ1) is 7.61. The molecule has 0 atom stereocenters. The van der Waals surface area contributed by atoms with E-state index in [1.165, 1.54) is 16.7 Å². The largest absolute Gasteiger partial charge is 0.143 e. The van der Waals surface area contributed by atoms with E-state index in [2.05, 4.69) is 69.1 Å². The van der Waals surface area contributed by atoms with Gasteiger partial charge in [0, 0.05) is 5.56 Å². The molecule has 1 aromatic carbocycles. The summed E-state index contributed by atoms with van der Waals surface area (Å²) in [6.07, 6.45) is 4.24. The Labute approximate surface area is 109 Å². The van der Waals surface area contributed by atoms with Crippen LogP contribution in [0, 0.1) is 0 Å². The van der Waals surface area contributed by atoms with Crippen LogP contribution in [0.25, 0.3) is 0 Å². The standard InChI is InChI=1S/C14H18S2/c1-11(9-12(2)16)3-4-13-5-7-14(10-15)8-6-13/h5-9,15-16H,2-4,10H2,1H3/p+2/b11-9+. The van der Waals surface area contributed by atoms with Crippen LogP contribution in [0.4, 0.5) is 0 Å². The fourth-order valence-electron chi connectivity index (χ4n) is 1.53. The fourth-order valence-corrected chi connectivity index (χ4v) is 2.02. The van der Waals surface area contributed by atoms with E-state index in [0.717, 1.165) is 23.5 Å². The molecule has 0 aliphatic carbocycles. The molecule has 1 aromatic rings. The summed E-state index contributed by atoms with van der Waals surface area (Å²) in [5, 5.41) is 0. The minimum atomic E-state index is 0.919. The van der Waals surface area contributed by atoms with Crippen LogP contribution in [0.15, 0.2) is 47.4 Å². The lowest BCUT2D eigenvalue weighted by atomic mass is 10.0. The Bertz CT molecular complexity index is 374. The number of hydrogen-bond acceptors (Lipinski definition) is 0. The summed E-state index contributed by atoms with van der Waals surface area (Å²) in [5.74, 6) is 0.919. The minimum absolute atomic E-state index is 0.919. The molecule has 0 N–H and O–H groups in total. The van der Waals surface area contributed by atoms with Gasteiger partial charge in [-0.2, -0.15) is 0 Å². The number of aryl methyl sites for hydroxylation is 1. The number of rotatable bonds is 5. The van der Waals surface area contributed by atoms with Crippen LogP contribution < -0.4 is 0 Å². The third kappa shape index (κ3) is 4.95. The van der Waals surface area contributed by atoms with Gasteiger partial charge in [0.15, 0.2) is 0 Å². The van der Waals surface area contributed by atoms with Crippen LogP contribution in [-0.2, 0) is 37.4 Å². The smallest absolute Gasteiger partial charge is 0.0681 e. The predicted molar refractivity (Wildman–Crippen MR) is 81.7 cm³/mol. The highest BCUT2D eigenvalue weighted by Gasteiger charge is 1.97. The summed E-state index contributed by atoms with van der Waals surface area (Å²) in [6, 6.07) is 8.74. The van der Waals surface area contributed by atoms with Crippen LogP contribution in [0.1, 0.15) is 24.5 Å². The molecule has 0 nitrogen and oxygen atoms in total. The van der Waals surface area contributed by atoms with E-state index < -0.39 is 0 Å². The SMILES string of the molecule is C=C([SH2+])/C=C(\C)CCc1ccc(C[SH2+])cc1. The third-order valence-corrected chi connectivity index (χ3v) is 3.01. The van der Waals surface area contributed by atoms with Crippen molar-refractivity contribution < 1.29 is 0 Å². The van der Waals surface area contributed by atoms with Crippen molar-refractivity contribution in [3.63, 3.8) is 0 Å². The van der Waals surface area contributed by atoms with Gasteiger partial charge in [-0.05, 0) is 63.2 Å². The predicted octanol–water partition coefficient (Wildman–Crippen LogP) is 2.60. The molecule has 0 aliphatic heterocycles. The van der Waals surface area contributed by atoms with Crippen molar-refractivity contribution in [2.24, 2.45) is 0 Å². The first-order valence-electron chi connectivity index (χ1n) is 5.42. The average Bonchev–Trinajstić information content (AvgIpc) is 2.26. The second-order valence-corrected chi connectivity index (χ2v) is 5.00. The van der Waals surface area contributed by atoms with Gasteiger partial charge in [-0.1, -0.05) is 29.8 Å². The summed E-state index contributed by atoms with van der Waals surface area (Å²) >= 11 is 6.89. The van der Waals surface area contributed by atoms with E-state index in [-0.39, 0.29) is 0 Å². The van der Waals surface area contributed by atoms with E-state index in [0.29, 0.717) is 0 Å². The molecule has 0 saturated heterocycles. The van der Waals surface area contributed by atoms with Crippen LogP contribution in [-0.4, -0.2) is 0 Å². The zero-order valence-corrected chi connectivity index (χ0v) is 11.7. The molecule has 0 radical (unpaired) electrons. The van der Waals surface area contributed by atoms with Crippen LogP contribution in [0.3, 0.4) is 0 Å². The van der Waals surface area contributed by atoms with Gasteiger partial charge in [0.25, 0.3) is 0 Å². The summed E-state index contributed by atoms with van der Waals surface area (Å²) in [7, 11) is 0. The maximum atomic E-state index is 3.80. The topological polar surface area (TPSA) is 0 Å². The molecular weight excluding hydrogens is 232 g/mol. The van der Waals surface area contributed by atoms with E-state index in [9.17, 15) is 0 Å². The van der Waals surface area contributed by atoms with Gasteiger partial charge in [-0.25, -0.2) is 0 Å². The zero-order valence-electron chi connectivity index (χ0n) is 9.72. The zero-order chi connectivity index (χ0) is 12.0. The number of benzene rings is 1. The van der Waals surface area contributed by atoms with Crippen LogP contribution in [0.2, 0.25) is 0 Å². The first-order valence-corrected chi connectivity index (χ1v) is 6.62. The minimum Gasteiger partial charge on any atom is -0.0681 e. The Morgan fingerprint density at radius 1 is 1.25 bits per heavy atom. The van der Waals surface area contributed by atoms with Gasteiger partial charge >= 0.3 is 0 Å². The van der Waals surface area contributed by atoms with E-state index in [1.54, 1.807) is 0 Å². The molecule has 1 rings (SSSR count). The molecule has 16 heavy (non-hydrogen) atoms. The molecule has 0 unspecified atom stereocenters. The Morgan fingerprint density at radius 3 is 2.31 bits per heavy atom. The maximum Gasteiger partial charge on any atom is 0.143 e. The van der Waals surface area contributed by atoms with E-state index in [4.69, 9.17) is 0 Å². The van der Waals surface area contributed by atoms with Crippen molar-refractivity contribution in [3.05, 3.63) is 58.5 Å². The molecule has 0 spiro atoms. The highest BCUT2D eigenvalue weighted by atomic mass is 32.1. The molecule has 86 valence electrons. The molecule has 0 amide bonds. The lowest BCUT2D eigenvalue weighted by molar-refractivity contribution is 0.940. The van der Waals surface area contributed by atoms with Gasteiger partial charge in [-0.3, -0.25) is 0 Å². The molecule has 0 bridgehead atoms. The molecule has 2 heteroatoms.